The van der Waals surface area contributed by atoms with Crippen molar-refractivity contribution in [3.63, 3.8) is 0 Å². The fourth-order valence-electron chi connectivity index (χ4n) is 3.19. The first-order valence-electron chi connectivity index (χ1n) is 9.37. The Bertz CT molecular complexity index is 910. The number of nitrogens with zero attached hydrogens (tertiary/aromatic N) is 2. The van der Waals surface area contributed by atoms with Gasteiger partial charge in [-0.2, -0.15) is 0 Å². The van der Waals surface area contributed by atoms with Gasteiger partial charge in [-0.1, -0.05) is 12.1 Å². The van der Waals surface area contributed by atoms with Gasteiger partial charge in [-0.05, 0) is 26.5 Å². The van der Waals surface area contributed by atoms with E-state index < -0.39 is 22.8 Å². The zero-order valence-corrected chi connectivity index (χ0v) is 18.0. The smallest absolute Gasteiger partial charge is 0.336 e. The van der Waals surface area contributed by atoms with Crippen molar-refractivity contribution >= 4 is 29.1 Å². The van der Waals surface area contributed by atoms with E-state index in [4.69, 9.17) is 9.47 Å². The summed E-state index contributed by atoms with van der Waals surface area (Å²) in [7, 11) is 1.24. The highest BCUT2D eigenvalue weighted by atomic mass is 32.2. The highest BCUT2D eigenvalue weighted by Gasteiger charge is 2.36. The molecule has 1 heterocycles. The summed E-state index contributed by atoms with van der Waals surface area (Å²) in [5.41, 5.74) is 5.31. The number of methoxy groups -OCH3 is 1. The number of aliphatic imine (C=N–C) groups is 1. The fraction of sp³-hybridized carbons (Fsp3) is 0.400. The van der Waals surface area contributed by atoms with Gasteiger partial charge in [-0.25, -0.2) is 4.79 Å². The molecule has 1 aromatic rings. The number of allylic oxidation sites excluding steroid dienone is 1. The van der Waals surface area contributed by atoms with Crippen molar-refractivity contribution in [2.75, 3.05) is 31.8 Å². The van der Waals surface area contributed by atoms with Gasteiger partial charge in [-0.15, -0.1) is 11.8 Å². The second kappa shape index (κ2) is 10.8. The Morgan fingerprint density at radius 1 is 1.40 bits per heavy atom. The Morgan fingerprint density at radius 3 is 2.73 bits per heavy atom. The second-order valence-electron chi connectivity index (χ2n) is 6.37. The summed E-state index contributed by atoms with van der Waals surface area (Å²) < 4.78 is 10.2. The van der Waals surface area contributed by atoms with Crippen LogP contribution in [-0.4, -0.2) is 48.4 Å². The lowest BCUT2D eigenvalue weighted by molar-refractivity contribution is -0.384. The summed E-state index contributed by atoms with van der Waals surface area (Å²) in [6.07, 6.45) is 0. The van der Waals surface area contributed by atoms with Gasteiger partial charge in [-0.3, -0.25) is 15.1 Å². The number of nitro benzene ring substituents is 1. The summed E-state index contributed by atoms with van der Waals surface area (Å²) >= 11 is 1.55. The third kappa shape index (κ3) is 5.19. The maximum atomic E-state index is 12.9. The van der Waals surface area contributed by atoms with Crippen LogP contribution in [0.15, 0.2) is 52.0 Å². The van der Waals surface area contributed by atoms with E-state index in [1.165, 1.54) is 25.3 Å². The largest absolute Gasteiger partial charge is 0.616 e. The molecule has 1 aromatic carbocycles. The highest BCUT2D eigenvalue weighted by molar-refractivity contribution is 7.99. The number of quaternary nitrogens is 1. The van der Waals surface area contributed by atoms with E-state index in [2.05, 4.69) is 10.7 Å². The molecule has 0 aliphatic carbocycles. The highest BCUT2D eigenvalue weighted by Crippen LogP contribution is 2.41. The zero-order valence-electron chi connectivity index (χ0n) is 17.2. The Labute approximate surface area is 178 Å². The molecule has 2 rings (SSSR count). The van der Waals surface area contributed by atoms with Crippen LogP contribution in [0.1, 0.15) is 25.3 Å². The van der Waals surface area contributed by atoms with Gasteiger partial charge in [0.15, 0.2) is 0 Å². The van der Waals surface area contributed by atoms with Gasteiger partial charge in [0.1, 0.15) is 0 Å². The summed E-state index contributed by atoms with van der Waals surface area (Å²) in [4.78, 5) is 28.2. The first-order chi connectivity index (χ1) is 14.3. The van der Waals surface area contributed by atoms with Crippen molar-refractivity contribution in [1.82, 2.24) is 0 Å². The number of non-ortho nitro benzene ring substituents is 1. The van der Waals surface area contributed by atoms with Crippen molar-refractivity contribution in [3.8, 4) is 0 Å². The molecule has 0 aromatic heterocycles. The number of nitro groups is 1. The van der Waals surface area contributed by atoms with Crippen LogP contribution in [0.5, 0.6) is 0 Å². The molecule has 0 saturated carbocycles. The molecule has 3 N–H and O–H groups in total. The minimum absolute atomic E-state index is 0.138. The molecule has 1 atom stereocenters. The summed E-state index contributed by atoms with van der Waals surface area (Å²) in [6.45, 7) is 4.19. The first kappa shape index (κ1) is 23.4. The standard InChI is InChI=1S/C20H25N3O6S/c1-4-29-20(25)18-15(11-30-9-8-21)22-12(2)16(19(24)28-3)17(18)13-6-5-7-14(10-13)23(26)27/h5-7,10,17,24H,4,8-9,11,21H2,1-3H3. The number of benzene rings is 1. The molecule has 0 bridgehead atoms. The molecular formula is C20H25N3O6S. The molecule has 30 heavy (non-hydrogen) atoms. The van der Waals surface area contributed by atoms with Crippen molar-refractivity contribution in [1.29, 1.82) is 0 Å². The predicted molar refractivity (Wildman–Crippen MR) is 112 cm³/mol. The van der Waals surface area contributed by atoms with Gasteiger partial charge < -0.3 is 20.3 Å². The number of carbonyl (C=O) groups is 1. The Hall–Kier alpha value is -2.85. The number of esters is 1. The minimum atomic E-state index is -0.885. The van der Waals surface area contributed by atoms with Crippen LogP contribution in [0.25, 0.3) is 0 Å². The molecular weight excluding hydrogens is 410 g/mol. The lowest BCUT2D eigenvalue weighted by Crippen LogP contribution is -2.51. The molecule has 1 aliphatic heterocycles. The van der Waals surface area contributed by atoms with E-state index in [0.717, 1.165) is 5.75 Å². The maximum Gasteiger partial charge on any atom is 0.336 e. The third-order valence-electron chi connectivity index (χ3n) is 4.42. The van der Waals surface area contributed by atoms with Crippen LogP contribution >= 0.6 is 11.8 Å². The van der Waals surface area contributed by atoms with E-state index in [1.54, 1.807) is 31.7 Å². The van der Waals surface area contributed by atoms with Gasteiger partial charge in [0, 0.05) is 40.8 Å². The van der Waals surface area contributed by atoms with Gasteiger partial charge in [0.05, 0.1) is 35.3 Å². The second-order valence-corrected chi connectivity index (χ2v) is 7.48. The van der Waals surface area contributed by atoms with E-state index in [0.29, 0.717) is 29.3 Å². The molecule has 0 saturated heterocycles. The molecule has 0 radical (unpaired) electrons. The van der Waals surface area contributed by atoms with Crippen molar-refractivity contribution in [3.05, 3.63) is 62.7 Å². The van der Waals surface area contributed by atoms with Crippen molar-refractivity contribution in [2.45, 2.75) is 19.8 Å². The van der Waals surface area contributed by atoms with Crippen LogP contribution in [0.2, 0.25) is 0 Å². The van der Waals surface area contributed by atoms with E-state index in [1.807, 2.05) is 0 Å². The Kier molecular flexibility index (Phi) is 8.43. The quantitative estimate of drug-likeness (QED) is 0.202. The predicted octanol–water partition coefficient (Wildman–Crippen LogP) is 1.16. The summed E-state index contributed by atoms with van der Waals surface area (Å²) in [5, 5.41) is 23.9. The van der Waals surface area contributed by atoms with Crippen LogP contribution < -0.4 is 10.8 Å². The molecule has 0 fully saturated rings. The molecule has 0 spiro atoms. The monoisotopic (exact) mass is 435 g/mol. The number of hydrogen-bond acceptors (Lipinski definition) is 8. The minimum Gasteiger partial charge on any atom is -0.616 e. The van der Waals surface area contributed by atoms with Crippen LogP contribution in [0.4, 0.5) is 5.69 Å². The number of thioether (sulfide) groups is 1. The number of carbonyl (C=O) groups excluding carboxylic acids is 1. The lowest BCUT2D eigenvalue weighted by Gasteiger charge is -2.31. The summed E-state index contributed by atoms with van der Waals surface area (Å²) in [5.74, 6) is -0.968. The van der Waals surface area contributed by atoms with Crippen LogP contribution in [0.3, 0.4) is 0 Å². The van der Waals surface area contributed by atoms with E-state index >= 15 is 0 Å². The van der Waals surface area contributed by atoms with Gasteiger partial charge >= 0.3 is 5.97 Å². The maximum absolute atomic E-state index is 12.9. The zero-order chi connectivity index (χ0) is 22.3. The van der Waals surface area contributed by atoms with Gasteiger partial charge in [0.25, 0.3) is 5.69 Å². The van der Waals surface area contributed by atoms with Gasteiger partial charge in [0.2, 0.25) is 0 Å². The number of hydrogen-bond donors (Lipinski definition) is 1. The normalized spacial score (nSPS) is 18.0. The fourth-order valence-corrected chi connectivity index (χ4v) is 3.96. The van der Waals surface area contributed by atoms with Crippen molar-refractivity contribution < 1.29 is 30.0 Å². The van der Waals surface area contributed by atoms with Crippen LogP contribution in [-0.2, 0) is 14.3 Å². The SMILES string of the molecule is CCOC(=O)C1=C(CSCC[NH3+])N=C(C)C(=C([O-])OC)C1c1cccc([N+](=O)[O-])c1. The van der Waals surface area contributed by atoms with E-state index in [-0.39, 0.29) is 23.4 Å². The molecule has 9 nitrogen and oxygen atoms in total. The first-order valence-corrected chi connectivity index (χ1v) is 10.5. The van der Waals surface area contributed by atoms with E-state index in [9.17, 15) is 20.0 Å². The molecule has 0 amide bonds. The molecule has 162 valence electrons. The van der Waals surface area contributed by atoms with Crippen LogP contribution in [0, 0.1) is 10.1 Å². The average Bonchev–Trinajstić information content (AvgIpc) is 2.73. The average molecular weight is 436 g/mol. The number of ether oxygens (including phenoxy) is 2. The molecule has 10 heteroatoms. The lowest BCUT2D eigenvalue weighted by atomic mass is 9.80. The topological polar surface area (TPSA) is 142 Å². The summed E-state index contributed by atoms with van der Waals surface area (Å²) in [6, 6.07) is 5.86. The Morgan fingerprint density at radius 2 is 2.13 bits per heavy atom. The number of rotatable bonds is 9. The Balaban J connectivity index is 2.76. The molecule has 1 aliphatic rings. The van der Waals surface area contributed by atoms with Crippen molar-refractivity contribution in [2.24, 2.45) is 4.99 Å². The third-order valence-corrected chi connectivity index (χ3v) is 5.48. The molecule has 1 unspecified atom stereocenters.